The number of likely N-dealkylation sites (N-methyl/N-ethyl adjacent to an activating group) is 1. The van der Waals surface area contributed by atoms with Gasteiger partial charge in [-0.2, -0.15) is 0 Å². The Kier molecular flexibility index (Phi) is 8.30. The number of anilines is 1. The third-order valence-corrected chi connectivity index (χ3v) is 5.84. The summed E-state index contributed by atoms with van der Waals surface area (Å²) in [6, 6.07) is 12.0. The predicted octanol–water partition coefficient (Wildman–Crippen LogP) is 3.04. The second-order valence-corrected chi connectivity index (χ2v) is 8.45. The summed E-state index contributed by atoms with van der Waals surface area (Å²) in [5.41, 5.74) is 1.38. The lowest BCUT2D eigenvalue weighted by Gasteiger charge is -2.30. The fraction of sp³-hybridized carbons (Fsp3) is 0.440. The molecule has 8 nitrogen and oxygen atoms in total. The van der Waals surface area contributed by atoms with Crippen molar-refractivity contribution in [2.45, 2.75) is 26.0 Å². The first-order valence-electron chi connectivity index (χ1n) is 11.1. The molecule has 0 unspecified atom stereocenters. The molecule has 2 aromatic carbocycles. The number of hydrogen-bond acceptors (Lipinski definition) is 6. The van der Waals surface area contributed by atoms with Gasteiger partial charge in [-0.05, 0) is 55.3 Å². The highest BCUT2D eigenvalue weighted by Gasteiger charge is 2.25. The third-order valence-electron chi connectivity index (χ3n) is 5.84. The van der Waals surface area contributed by atoms with Crippen LogP contribution in [0.5, 0.6) is 11.5 Å². The number of fused-ring (bicyclic) bond motifs is 1. The molecule has 0 aromatic heterocycles. The van der Waals surface area contributed by atoms with E-state index in [4.69, 9.17) is 14.2 Å². The van der Waals surface area contributed by atoms with Crippen molar-refractivity contribution in [3.05, 3.63) is 53.6 Å². The largest absolute Gasteiger partial charge is 0.497 e. The van der Waals surface area contributed by atoms with Gasteiger partial charge >= 0.3 is 0 Å². The summed E-state index contributed by atoms with van der Waals surface area (Å²) in [7, 11) is 4.98. The van der Waals surface area contributed by atoms with E-state index in [2.05, 4.69) is 17.6 Å². The smallest absolute Gasteiger partial charge is 0.257 e. The molecule has 0 bridgehead atoms. The van der Waals surface area contributed by atoms with Gasteiger partial charge in [-0.15, -0.1) is 0 Å². The summed E-state index contributed by atoms with van der Waals surface area (Å²) in [5.74, 6) is 0.885. The highest BCUT2D eigenvalue weighted by atomic mass is 16.5. The molecule has 2 N–H and O–H groups in total. The number of nitrogens with zero attached hydrogens (tertiary/aromatic N) is 1. The van der Waals surface area contributed by atoms with Gasteiger partial charge in [0.1, 0.15) is 18.1 Å². The van der Waals surface area contributed by atoms with Crippen LogP contribution >= 0.6 is 0 Å². The van der Waals surface area contributed by atoms with E-state index < -0.39 is 0 Å². The molecule has 0 saturated carbocycles. The van der Waals surface area contributed by atoms with E-state index in [1.54, 1.807) is 68.6 Å². The first-order valence-corrected chi connectivity index (χ1v) is 11.1. The number of carbonyl (C=O) groups is 2. The first-order chi connectivity index (χ1) is 15.8. The van der Waals surface area contributed by atoms with Crippen molar-refractivity contribution in [3.63, 3.8) is 0 Å². The zero-order valence-electron chi connectivity index (χ0n) is 19.9. The monoisotopic (exact) mass is 455 g/mol. The van der Waals surface area contributed by atoms with Crippen LogP contribution in [0.3, 0.4) is 0 Å². The Hall–Kier alpha value is -3.10. The Balaban J connectivity index is 1.86. The predicted molar refractivity (Wildman–Crippen MR) is 127 cm³/mol. The van der Waals surface area contributed by atoms with Crippen LogP contribution < -0.4 is 20.1 Å². The molecule has 0 fully saturated rings. The number of benzene rings is 2. The number of nitrogens with one attached hydrogen (secondary N) is 2. The molecule has 8 heteroatoms. The van der Waals surface area contributed by atoms with E-state index in [1.165, 1.54) is 0 Å². The zero-order valence-corrected chi connectivity index (χ0v) is 19.9. The van der Waals surface area contributed by atoms with Gasteiger partial charge in [0.25, 0.3) is 11.8 Å². The Morgan fingerprint density at radius 3 is 2.55 bits per heavy atom. The number of amides is 2. The molecule has 3 rings (SSSR count). The third kappa shape index (κ3) is 6.24. The van der Waals surface area contributed by atoms with Crippen LogP contribution in [0.1, 0.15) is 34.6 Å². The van der Waals surface area contributed by atoms with Crippen molar-refractivity contribution < 1.29 is 23.8 Å². The maximum absolute atomic E-state index is 13.3. The molecule has 0 spiro atoms. The molecule has 2 aromatic rings. The summed E-state index contributed by atoms with van der Waals surface area (Å²) < 4.78 is 16.8. The van der Waals surface area contributed by atoms with E-state index in [0.29, 0.717) is 41.5 Å². The van der Waals surface area contributed by atoms with Crippen LogP contribution in [0, 0.1) is 5.92 Å². The Bertz CT molecular complexity index is 963. The lowest BCUT2D eigenvalue weighted by atomic mass is 10.0. The van der Waals surface area contributed by atoms with E-state index in [-0.39, 0.29) is 29.9 Å². The van der Waals surface area contributed by atoms with Gasteiger partial charge in [-0.3, -0.25) is 9.59 Å². The molecule has 2 amide bonds. The SMILES string of the molecule is COc1ccc(C(=O)Nc2ccc3c(c2)C(=O)N(C)C[C@@H](OC)[C@H](C)CN[C@@H](C)CO3)cc1. The summed E-state index contributed by atoms with van der Waals surface area (Å²) in [6.45, 7) is 5.74. The van der Waals surface area contributed by atoms with Crippen LogP contribution in [-0.4, -0.2) is 69.8 Å². The summed E-state index contributed by atoms with van der Waals surface area (Å²) in [6.07, 6.45) is -0.111. The van der Waals surface area contributed by atoms with Gasteiger partial charge in [0, 0.05) is 44.5 Å². The normalized spacial score (nSPS) is 21.8. The molecule has 1 heterocycles. The van der Waals surface area contributed by atoms with Gasteiger partial charge in [0.05, 0.1) is 18.8 Å². The van der Waals surface area contributed by atoms with E-state index >= 15 is 0 Å². The van der Waals surface area contributed by atoms with Gasteiger partial charge in [-0.1, -0.05) is 6.92 Å². The molecule has 1 aliphatic heterocycles. The zero-order chi connectivity index (χ0) is 24.0. The fourth-order valence-electron chi connectivity index (χ4n) is 3.68. The highest BCUT2D eigenvalue weighted by molar-refractivity contribution is 6.05. The fourth-order valence-corrected chi connectivity index (χ4v) is 3.68. The lowest BCUT2D eigenvalue weighted by molar-refractivity contribution is 0.0281. The molecule has 0 radical (unpaired) electrons. The quantitative estimate of drug-likeness (QED) is 0.737. The van der Waals surface area contributed by atoms with Crippen LogP contribution in [0.25, 0.3) is 0 Å². The van der Waals surface area contributed by atoms with Crippen LogP contribution in [0.2, 0.25) is 0 Å². The van der Waals surface area contributed by atoms with Crippen molar-refractivity contribution in [3.8, 4) is 11.5 Å². The number of rotatable bonds is 4. The molecule has 33 heavy (non-hydrogen) atoms. The molecule has 178 valence electrons. The van der Waals surface area contributed by atoms with E-state index in [9.17, 15) is 9.59 Å². The minimum atomic E-state index is -0.279. The van der Waals surface area contributed by atoms with Gasteiger partial charge in [0.15, 0.2) is 0 Å². The number of carbonyl (C=O) groups excluding carboxylic acids is 2. The molecule has 3 atom stereocenters. The lowest BCUT2D eigenvalue weighted by Crippen LogP contribution is -2.44. The topological polar surface area (TPSA) is 89.1 Å². The second kappa shape index (κ2) is 11.2. The summed E-state index contributed by atoms with van der Waals surface area (Å²) in [5, 5.41) is 6.32. The van der Waals surface area contributed by atoms with Crippen molar-refractivity contribution in [1.29, 1.82) is 0 Å². The maximum Gasteiger partial charge on any atom is 0.257 e. The first kappa shape index (κ1) is 24.5. The van der Waals surface area contributed by atoms with Crippen molar-refractivity contribution in [2.75, 3.05) is 46.3 Å². The Labute approximate surface area is 195 Å². The Morgan fingerprint density at radius 2 is 1.88 bits per heavy atom. The number of ether oxygens (including phenoxy) is 3. The molecular formula is C25H33N3O5. The molecule has 1 aliphatic rings. The average molecular weight is 456 g/mol. The molecule has 0 saturated heterocycles. The molecule has 0 aliphatic carbocycles. The van der Waals surface area contributed by atoms with Crippen molar-refractivity contribution >= 4 is 17.5 Å². The van der Waals surface area contributed by atoms with Gasteiger partial charge in [0.2, 0.25) is 0 Å². The van der Waals surface area contributed by atoms with E-state index in [1.807, 2.05) is 6.92 Å². The Morgan fingerprint density at radius 1 is 1.15 bits per heavy atom. The summed E-state index contributed by atoms with van der Waals surface area (Å²) >= 11 is 0. The minimum Gasteiger partial charge on any atom is -0.497 e. The minimum absolute atomic E-state index is 0.0968. The number of hydrogen-bond donors (Lipinski definition) is 2. The number of methoxy groups -OCH3 is 2. The highest BCUT2D eigenvalue weighted by Crippen LogP contribution is 2.26. The van der Waals surface area contributed by atoms with Gasteiger partial charge in [-0.25, -0.2) is 0 Å². The van der Waals surface area contributed by atoms with Crippen molar-refractivity contribution in [1.82, 2.24) is 10.2 Å². The standard InChI is InChI=1S/C25H33N3O5/c1-16-13-26-17(2)15-33-22-11-8-19(12-21(22)25(30)28(3)14-23(16)32-5)27-24(29)18-6-9-20(31-4)10-7-18/h6-12,16-17,23,26H,13-15H2,1-5H3,(H,27,29)/t16-,17+,23-/m1/s1. The van der Waals surface area contributed by atoms with E-state index in [0.717, 1.165) is 6.54 Å². The second-order valence-electron chi connectivity index (χ2n) is 8.45. The summed E-state index contributed by atoms with van der Waals surface area (Å²) in [4.78, 5) is 27.7. The van der Waals surface area contributed by atoms with Crippen LogP contribution in [0.4, 0.5) is 5.69 Å². The van der Waals surface area contributed by atoms with Gasteiger partial charge < -0.3 is 29.7 Å². The maximum atomic E-state index is 13.3. The molecular weight excluding hydrogens is 422 g/mol. The van der Waals surface area contributed by atoms with Crippen molar-refractivity contribution in [2.24, 2.45) is 5.92 Å². The van der Waals surface area contributed by atoms with Crippen LogP contribution in [-0.2, 0) is 4.74 Å². The average Bonchev–Trinajstić information content (AvgIpc) is 2.83. The van der Waals surface area contributed by atoms with Crippen LogP contribution in [0.15, 0.2) is 42.5 Å².